The predicted molar refractivity (Wildman–Crippen MR) is 28.8 cm³/mol. The summed E-state index contributed by atoms with van der Waals surface area (Å²) >= 11 is 0. The van der Waals surface area contributed by atoms with Gasteiger partial charge < -0.3 is 9.47 Å². The van der Waals surface area contributed by atoms with Crippen molar-refractivity contribution in [3.63, 3.8) is 0 Å². The van der Waals surface area contributed by atoms with Crippen molar-refractivity contribution >= 4 is 17.9 Å². The summed E-state index contributed by atoms with van der Waals surface area (Å²) in [5, 5.41) is 0. The first kappa shape index (κ1) is 6.09. The van der Waals surface area contributed by atoms with Gasteiger partial charge in [-0.3, -0.25) is 0 Å². The number of rotatable bonds is 0. The molecule has 0 aromatic carbocycles. The van der Waals surface area contributed by atoms with Crippen molar-refractivity contribution in [3.05, 3.63) is 12.3 Å². The molecule has 2 aliphatic rings. The van der Waals surface area contributed by atoms with Crippen LogP contribution in [0.4, 0.5) is 0 Å². The molecule has 2 saturated heterocycles. The van der Waals surface area contributed by atoms with Gasteiger partial charge in [0, 0.05) is 0 Å². The molecule has 0 aliphatic carbocycles. The molecular weight excluding hydrogens is 152 g/mol. The first-order valence-corrected chi connectivity index (χ1v) is 2.78. The zero-order valence-corrected chi connectivity index (χ0v) is 5.25. The average Bonchev–Trinajstić information content (AvgIpc) is 1.86. The van der Waals surface area contributed by atoms with Gasteiger partial charge in [0.25, 0.3) is 0 Å². The second-order valence-corrected chi connectivity index (χ2v) is 2.24. The van der Waals surface area contributed by atoms with E-state index >= 15 is 0 Å². The molecule has 2 aliphatic heterocycles. The Morgan fingerprint density at radius 1 is 1.00 bits per heavy atom. The Hall–Kier alpha value is -1.65. The van der Waals surface area contributed by atoms with E-state index < -0.39 is 23.3 Å². The molecule has 0 atom stereocenters. The molecule has 56 valence electrons. The maximum Gasteiger partial charge on any atom is 0.350 e. The van der Waals surface area contributed by atoms with Crippen LogP contribution in [0.2, 0.25) is 0 Å². The topological polar surface area (TPSA) is 69.7 Å². The number of ether oxygens (including phenoxy) is 2. The third kappa shape index (κ3) is 0.366. The SMILES string of the molecule is C=C1OC(=O)C12C(=O)OC2=O. The Balaban J connectivity index is 2.49. The Bertz CT molecular complexity index is 249. The highest BCUT2D eigenvalue weighted by molar-refractivity contribution is 6.32. The van der Waals surface area contributed by atoms with Crippen LogP contribution in [0.3, 0.4) is 0 Å². The molecular formula is C6H2O5. The third-order valence-corrected chi connectivity index (χ3v) is 1.74. The highest BCUT2D eigenvalue weighted by atomic mass is 16.6. The first-order chi connectivity index (χ1) is 5.10. The number of carbonyl (C=O) groups excluding carboxylic acids is 3. The summed E-state index contributed by atoms with van der Waals surface area (Å²) in [6.07, 6.45) is 0. The largest absolute Gasteiger partial charge is 0.428 e. The summed E-state index contributed by atoms with van der Waals surface area (Å²) in [7, 11) is 0. The van der Waals surface area contributed by atoms with Crippen molar-refractivity contribution in [2.24, 2.45) is 5.41 Å². The van der Waals surface area contributed by atoms with Crippen LogP contribution in [0.15, 0.2) is 12.3 Å². The third-order valence-electron chi connectivity index (χ3n) is 1.74. The van der Waals surface area contributed by atoms with Gasteiger partial charge in [-0.1, -0.05) is 6.58 Å². The van der Waals surface area contributed by atoms with Crippen LogP contribution >= 0.6 is 0 Å². The summed E-state index contributed by atoms with van der Waals surface area (Å²) in [5.74, 6) is -2.79. The summed E-state index contributed by atoms with van der Waals surface area (Å²) in [6, 6.07) is 0. The highest BCUT2D eigenvalue weighted by Gasteiger charge is 2.75. The van der Waals surface area contributed by atoms with E-state index in [1.807, 2.05) is 0 Å². The van der Waals surface area contributed by atoms with Crippen molar-refractivity contribution < 1.29 is 23.9 Å². The van der Waals surface area contributed by atoms with Gasteiger partial charge in [0.1, 0.15) is 5.76 Å². The van der Waals surface area contributed by atoms with Crippen LogP contribution < -0.4 is 0 Å². The molecule has 5 nitrogen and oxygen atoms in total. The van der Waals surface area contributed by atoms with E-state index in [0.717, 1.165) is 0 Å². The molecule has 11 heavy (non-hydrogen) atoms. The summed E-state index contributed by atoms with van der Waals surface area (Å²) < 4.78 is 8.28. The van der Waals surface area contributed by atoms with Crippen molar-refractivity contribution in [1.82, 2.24) is 0 Å². The van der Waals surface area contributed by atoms with Gasteiger partial charge in [0.15, 0.2) is 0 Å². The molecule has 0 amide bonds. The molecule has 0 aromatic rings. The van der Waals surface area contributed by atoms with Gasteiger partial charge in [0.05, 0.1) is 0 Å². The highest BCUT2D eigenvalue weighted by Crippen LogP contribution is 2.47. The summed E-state index contributed by atoms with van der Waals surface area (Å²) in [4.78, 5) is 32.0. The van der Waals surface area contributed by atoms with Crippen LogP contribution in [0.5, 0.6) is 0 Å². The lowest BCUT2D eigenvalue weighted by molar-refractivity contribution is -0.213. The normalized spacial score (nSPS) is 25.5. The van der Waals surface area contributed by atoms with Gasteiger partial charge in [-0.05, 0) is 0 Å². The smallest absolute Gasteiger partial charge is 0.350 e. The molecule has 1 spiro atoms. The quantitative estimate of drug-likeness (QED) is 0.335. The van der Waals surface area contributed by atoms with Gasteiger partial charge in [0.2, 0.25) is 0 Å². The number of esters is 3. The summed E-state index contributed by atoms with van der Waals surface area (Å²) in [6.45, 7) is 3.22. The van der Waals surface area contributed by atoms with Gasteiger partial charge in [-0.15, -0.1) is 0 Å². The second-order valence-electron chi connectivity index (χ2n) is 2.24. The Kier molecular flexibility index (Phi) is 0.741. The van der Waals surface area contributed by atoms with Crippen LogP contribution in [-0.2, 0) is 23.9 Å². The molecule has 0 N–H and O–H groups in total. The van der Waals surface area contributed by atoms with Crippen molar-refractivity contribution in [2.45, 2.75) is 0 Å². The zero-order valence-electron chi connectivity index (χ0n) is 5.25. The Morgan fingerprint density at radius 2 is 1.45 bits per heavy atom. The fourth-order valence-corrected chi connectivity index (χ4v) is 1.00. The van der Waals surface area contributed by atoms with Crippen LogP contribution in [-0.4, -0.2) is 17.9 Å². The Morgan fingerprint density at radius 3 is 1.64 bits per heavy atom. The fourth-order valence-electron chi connectivity index (χ4n) is 1.00. The monoisotopic (exact) mass is 154 g/mol. The molecule has 0 saturated carbocycles. The van der Waals surface area contributed by atoms with E-state index in [1.165, 1.54) is 0 Å². The van der Waals surface area contributed by atoms with Gasteiger partial charge in [-0.2, -0.15) is 0 Å². The fraction of sp³-hybridized carbons (Fsp3) is 0.167. The average molecular weight is 154 g/mol. The number of carbonyl (C=O) groups is 3. The van der Waals surface area contributed by atoms with Crippen molar-refractivity contribution in [2.75, 3.05) is 0 Å². The van der Waals surface area contributed by atoms with E-state index in [9.17, 15) is 14.4 Å². The maximum absolute atomic E-state index is 10.7. The van der Waals surface area contributed by atoms with Gasteiger partial charge in [-0.25, -0.2) is 14.4 Å². The lowest BCUT2D eigenvalue weighted by Crippen LogP contribution is -2.66. The van der Waals surface area contributed by atoms with E-state index in [1.54, 1.807) is 0 Å². The van der Waals surface area contributed by atoms with Crippen LogP contribution in [0.25, 0.3) is 0 Å². The van der Waals surface area contributed by atoms with Crippen LogP contribution in [0.1, 0.15) is 0 Å². The molecule has 0 aromatic heterocycles. The van der Waals surface area contributed by atoms with Crippen molar-refractivity contribution in [3.8, 4) is 0 Å². The Labute approximate surface area is 60.6 Å². The lowest BCUT2D eigenvalue weighted by atomic mass is 9.78. The molecule has 5 heteroatoms. The first-order valence-electron chi connectivity index (χ1n) is 2.78. The molecule has 0 unspecified atom stereocenters. The van der Waals surface area contributed by atoms with E-state index in [-0.39, 0.29) is 5.76 Å². The molecule has 0 radical (unpaired) electrons. The molecule has 0 bridgehead atoms. The van der Waals surface area contributed by atoms with Crippen molar-refractivity contribution in [1.29, 1.82) is 0 Å². The minimum Gasteiger partial charge on any atom is -0.428 e. The standard InChI is InChI=1S/C6H2O5/c1-2-6(3(7)10-2)4(8)11-5(6)9/h1H2. The minimum atomic E-state index is -1.78. The lowest BCUT2D eigenvalue weighted by Gasteiger charge is -2.40. The molecule has 2 heterocycles. The maximum atomic E-state index is 10.7. The van der Waals surface area contributed by atoms with Gasteiger partial charge >= 0.3 is 23.3 Å². The number of cyclic esters (lactones) is 3. The predicted octanol–water partition coefficient (Wildman–Crippen LogP) is -0.873. The summed E-state index contributed by atoms with van der Waals surface area (Å²) in [5.41, 5.74) is -1.78. The van der Waals surface area contributed by atoms with E-state index in [4.69, 9.17) is 0 Å². The van der Waals surface area contributed by atoms with E-state index in [0.29, 0.717) is 0 Å². The number of hydrogen-bond acceptors (Lipinski definition) is 5. The second kappa shape index (κ2) is 1.34. The van der Waals surface area contributed by atoms with E-state index in [2.05, 4.69) is 16.1 Å². The van der Waals surface area contributed by atoms with Crippen LogP contribution in [0, 0.1) is 5.41 Å². The minimum absolute atomic E-state index is 0.135. The molecule has 2 fully saturated rings. The zero-order chi connectivity index (χ0) is 8.22. The molecule has 2 rings (SSSR count). The number of hydrogen-bond donors (Lipinski definition) is 0.